The standard InChI is InChI=1S/C30H48O4/c1-19(33-23-9-5-3-6-10-23)31-17-27-25-16-26(30-22-14-13-21(15-22)29(25)30)28(27)18-32-20(2)34-24-11-7-4-8-12-24/h13-14,19-30H,3-12,15-18H2,1-2H3. The summed E-state index contributed by atoms with van der Waals surface area (Å²) in [7, 11) is 0. The second kappa shape index (κ2) is 10.5. The third-order valence-electron chi connectivity index (χ3n) is 10.7. The zero-order valence-corrected chi connectivity index (χ0v) is 21.6. The number of fused-ring (bicyclic) bond motifs is 9. The highest BCUT2D eigenvalue weighted by atomic mass is 16.7. The lowest BCUT2D eigenvalue weighted by Gasteiger charge is -2.42. The quantitative estimate of drug-likeness (QED) is 0.201. The van der Waals surface area contributed by atoms with Gasteiger partial charge in [0.1, 0.15) is 0 Å². The average molecular weight is 473 g/mol. The molecule has 4 nitrogen and oxygen atoms in total. The van der Waals surface area contributed by atoms with E-state index >= 15 is 0 Å². The van der Waals surface area contributed by atoms with E-state index in [2.05, 4.69) is 26.0 Å². The van der Waals surface area contributed by atoms with Gasteiger partial charge in [0.2, 0.25) is 0 Å². The molecule has 0 aromatic carbocycles. The highest BCUT2D eigenvalue weighted by molar-refractivity contribution is 5.22. The van der Waals surface area contributed by atoms with E-state index in [1.807, 2.05) is 0 Å². The monoisotopic (exact) mass is 472 g/mol. The Hall–Kier alpha value is -0.420. The maximum absolute atomic E-state index is 6.44. The first-order valence-corrected chi connectivity index (χ1v) is 14.9. The van der Waals surface area contributed by atoms with Gasteiger partial charge in [-0.05, 0) is 99.7 Å². The third-order valence-corrected chi connectivity index (χ3v) is 10.7. The van der Waals surface area contributed by atoms with Crippen molar-refractivity contribution >= 4 is 0 Å². The van der Waals surface area contributed by atoms with E-state index in [1.54, 1.807) is 0 Å². The number of rotatable bonds is 10. The average Bonchev–Trinajstić information content (AvgIpc) is 3.62. The molecule has 10 atom stereocenters. The van der Waals surface area contributed by atoms with Crippen molar-refractivity contribution in [3.8, 4) is 0 Å². The molecule has 6 aliphatic carbocycles. The zero-order valence-electron chi connectivity index (χ0n) is 21.6. The Morgan fingerprint density at radius 3 is 1.50 bits per heavy atom. The smallest absolute Gasteiger partial charge is 0.155 e. The van der Waals surface area contributed by atoms with Gasteiger partial charge in [-0.15, -0.1) is 0 Å². The molecular formula is C30H48O4. The molecule has 0 amide bonds. The van der Waals surface area contributed by atoms with Crippen LogP contribution in [0.15, 0.2) is 12.2 Å². The molecular weight excluding hydrogens is 424 g/mol. The van der Waals surface area contributed by atoms with E-state index in [0.717, 1.165) is 48.7 Å². The van der Waals surface area contributed by atoms with Crippen LogP contribution in [0.4, 0.5) is 0 Å². The summed E-state index contributed by atoms with van der Waals surface area (Å²) in [5.74, 6) is 6.29. The molecule has 10 unspecified atom stereocenters. The summed E-state index contributed by atoms with van der Waals surface area (Å²) in [6.07, 6.45) is 21.3. The van der Waals surface area contributed by atoms with Crippen molar-refractivity contribution in [1.82, 2.24) is 0 Å². The molecule has 5 fully saturated rings. The lowest BCUT2D eigenvalue weighted by atomic mass is 9.65. The van der Waals surface area contributed by atoms with E-state index in [4.69, 9.17) is 18.9 Å². The second-order valence-corrected chi connectivity index (χ2v) is 12.6. The number of allylic oxidation sites excluding steroid dienone is 2. The van der Waals surface area contributed by atoms with Gasteiger partial charge in [-0.1, -0.05) is 50.7 Å². The molecule has 6 rings (SSSR count). The summed E-state index contributed by atoms with van der Waals surface area (Å²) in [6.45, 7) is 5.92. The molecule has 4 heteroatoms. The summed E-state index contributed by atoms with van der Waals surface area (Å²) in [5, 5.41) is 0. The molecule has 5 saturated carbocycles. The number of hydrogen-bond donors (Lipinski definition) is 0. The molecule has 0 aromatic heterocycles. The SMILES string of the molecule is CC(OCC1C(COC(C)OC2CCCCC2)C2CC1C1C3C=CC(C3)C21)OC1CCCCC1. The van der Waals surface area contributed by atoms with Crippen LogP contribution in [0.2, 0.25) is 0 Å². The Labute approximate surface area is 207 Å². The van der Waals surface area contributed by atoms with E-state index in [0.29, 0.717) is 24.0 Å². The van der Waals surface area contributed by atoms with Crippen LogP contribution in [-0.2, 0) is 18.9 Å². The Kier molecular flexibility index (Phi) is 7.41. The van der Waals surface area contributed by atoms with Crippen molar-refractivity contribution in [2.75, 3.05) is 13.2 Å². The molecule has 0 heterocycles. The fraction of sp³-hybridized carbons (Fsp3) is 0.933. The van der Waals surface area contributed by atoms with E-state index in [-0.39, 0.29) is 12.6 Å². The Bertz CT molecular complexity index is 640. The fourth-order valence-corrected chi connectivity index (χ4v) is 9.30. The fourth-order valence-electron chi connectivity index (χ4n) is 9.30. The lowest BCUT2D eigenvalue weighted by molar-refractivity contribution is -0.194. The Balaban J connectivity index is 1.06. The van der Waals surface area contributed by atoms with Crippen LogP contribution >= 0.6 is 0 Å². The Morgan fingerprint density at radius 2 is 1.06 bits per heavy atom. The van der Waals surface area contributed by atoms with Gasteiger partial charge < -0.3 is 18.9 Å². The van der Waals surface area contributed by atoms with Crippen LogP contribution in [0.1, 0.15) is 90.9 Å². The maximum atomic E-state index is 6.44. The summed E-state index contributed by atoms with van der Waals surface area (Å²) in [4.78, 5) is 0. The Morgan fingerprint density at radius 1 is 0.618 bits per heavy atom. The van der Waals surface area contributed by atoms with Gasteiger partial charge in [0, 0.05) is 0 Å². The van der Waals surface area contributed by atoms with Crippen LogP contribution in [-0.4, -0.2) is 38.0 Å². The first-order valence-electron chi connectivity index (χ1n) is 14.9. The van der Waals surface area contributed by atoms with Crippen LogP contribution in [0.5, 0.6) is 0 Å². The predicted octanol–water partition coefficient (Wildman–Crippen LogP) is 6.73. The lowest BCUT2D eigenvalue weighted by Crippen LogP contribution is -2.42. The van der Waals surface area contributed by atoms with E-state index < -0.39 is 0 Å². The summed E-state index contributed by atoms with van der Waals surface area (Å²) in [6, 6.07) is 0. The van der Waals surface area contributed by atoms with Crippen molar-refractivity contribution in [2.24, 2.45) is 47.3 Å². The summed E-state index contributed by atoms with van der Waals surface area (Å²) in [5.41, 5.74) is 0. The van der Waals surface area contributed by atoms with Gasteiger partial charge >= 0.3 is 0 Å². The minimum Gasteiger partial charge on any atom is -0.353 e. The number of ether oxygens (including phenoxy) is 4. The highest BCUT2D eigenvalue weighted by Crippen LogP contribution is 2.68. The van der Waals surface area contributed by atoms with Gasteiger partial charge in [-0.25, -0.2) is 0 Å². The largest absolute Gasteiger partial charge is 0.353 e. The van der Waals surface area contributed by atoms with Crippen LogP contribution in [0, 0.1) is 47.3 Å². The van der Waals surface area contributed by atoms with E-state index in [1.165, 1.54) is 77.0 Å². The van der Waals surface area contributed by atoms with Crippen LogP contribution < -0.4 is 0 Å². The molecule has 6 aliphatic rings. The highest BCUT2D eigenvalue weighted by Gasteiger charge is 2.64. The molecule has 0 radical (unpaired) electrons. The van der Waals surface area contributed by atoms with Gasteiger partial charge in [-0.3, -0.25) is 0 Å². The van der Waals surface area contributed by atoms with Crippen molar-refractivity contribution in [3.05, 3.63) is 12.2 Å². The van der Waals surface area contributed by atoms with Gasteiger partial charge in [0.15, 0.2) is 12.6 Å². The summed E-state index contributed by atoms with van der Waals surface area (Å²) < 4.78 is 25.5. The van der Waals surface area contributed by atoms with Gasteiger partial charge in [0.05, 0.1) is 25.4 Å². The second-order valence-electron chi connectivity index (χ2n) is 12.6. The van der Waals surface area contributed by atoms with Crippen molar-refractivity contribution in [3.63, 3.8) is 0 Å². The van der Waals surface area contributed by atoms with Crippen LogP contribution in [0.25, 0.3) is 0 Å². The zero-order chi connectivity index (χ0) is 23.1. The normalized spacial score (nSPS) is 43.5. The van der Waals surface area contributed by atoms with Crippen molar-refractivity contribution < 1.29 is 18.9 Å². The topological polar surface area (TPSA) is 36.9 Å². The van der Waals surface area contributed by atoms with Gasteiger partial charge in [-0.2, -0.15) is 0 Å². The molecule has 0 N–H and O–H groups in total. The number of hydrogen-bond acceptors (Lipinski definition) is 4. The maximum Gasteiger partial charge on any atom is 0.155 e. The molecule has 34 heavy (non-hydrogen) atoms. The molecule has 192 valence electrons. The summed E-state index contributed by atoms with van der Waals surface area (Å²) >= 11 is 0. The van der Waals surface area contributed by atoms with Crippen LogP contribution in [0.3, 0.4) is 0 Å². The first-order chi connectivity index (χ1) is 16.7. The third kappa shape index (κ3) is 4.78. The first kappa shape index (κ1) is 23.9. The molecule has 0 aliphatic heterocycles. The molecule has 0 aromatic rings. The minimum absolute atomic E-state index is 0.0897. The van der Waals surface area contributed by atoms with Gasteiger partial charge in [0.25, 0.3) is 0 Å². The van der Waals surface area contributed by atoms with Crippen molar-refractivity contribution in [2.45, 2.75) is 116 Å². The minimum atomic E-state index is -0.0897. The molecule has 0 saturated heterocycles. The molecule has 0 spiro atoms. The molecule has 4 bridgehead atoms. The van der Waals surface area contributed by atoms with E-state index in [9.17, 15) is 0 Å². The van der Waals surface area contributed by atoms with Crippen molar-refractivity contribution in [1.29, 1.82) is 0 Å². The predicted molar refractivity (Wildman–Crippen MR) is 133 cm³/mol.